The van der Waals surface area contributed by atoms with Crippen LogP contribution in [0.4, 0.5) is 0 Å². The predicted molar refractivity (Wildman–Crippen MR) is 78.2 cm³/mol. The summed E-state index contributed by atoms with van der Waals surface area (Å²) in [4.78, 5) is 1.33. The van der Waals surface area contributed by atoms with Crippen LogP contribution in [0.1, 0.15) is 25.7 Å². The number of thioether (sulfide) groups is 1. The number of benzene rings is 1. The fraction of sp³-hybridized carbons (Fsp3) is 0.600. The zero-order chi connectivity index (χ0) is 12.5. The summed E-state index contributed by atoms with van der Waals surface area (Å²) >= 11 is 1.87. The van der Waals surface area contributed by atoms with Gasteiger partial charge in [0.25, 0.3) is 0 Å². The highest BCUT2D eigenvalue weighted by Gasteiger charge is 2.11. The second kappa shape index (κ2) is 8.57. The minimum absolute atomic E-state index is 0.695. The van der Waals surface area contributed by atoms with Gasteiger partial charge in [0, 0.05) is 23.3 Å². The Balaban J connectivity index is 1.46. The molecule has 0 radical (unpaired) electrons. The van der Waals surface area contributed by atoms with Gasteiger partial charge >= 0.3 is 0 Å². The Morgan fingerprint density at radius 2 is 2.06 bits per heavy atom. The van der Waals surface area contributed by atoms with Crippen LogP contribution >= 0.6 is 11.8 Å². The topological polar surface area (TPSA) is 21.3 Å². The van der Waals surface area contributed by atoms with Crippen LogP contribution in [-0.4, -0.2) is 31.6 Å². The lowest BCUT2D eigenvalue weighted by Gasteiger charge is -2.23. The third-order valence-corrected chi connectivity index (χ3v) is 4.24. The Bertz CT molecular complexity index is 312. The van der Waals surface area contributed by atoms with Crippen molar-refractivity contribution in [3.05, 3.63) is 30.3 Å². The molecule has 100 valence electrons. The molecule has 2 rings (SSSR count). The number of hydrogen-bond donors (Lipinski definition) is 1. The fourth-order valence-corrected chi connectivity index (χ4v) is 3.02. The van der Waals surface area contributed by atoms with Crippen molar-refractivity contribution < 1.29 is 4.74 Å². The van der Waals surface area contributed by atoms with Gasteiger partial charge in [-0.2, -0.15) is 0 Å². The van der Waals surface area contributed by atoms with Crippen LogP contribution in [0.2, 0.25) is 0 Å². The lowest BCUT2D eigenvalue weighted by Crippen LogP contribution is -2.34. The number of nitrogens with one attached hydrogen (secondary N) is 1. The number of rotatable bonds is 7. The Morgan fingerprint density at radius 1 is 1.17 bits per heavy atom. The fourth-order valence-electron chi connectivity index (χ4n) is 2.23. The zero-order valence-corrected chi connectivity index (χ0v) is 11.8. The number of ether oxygens (including phenoxy) is 1. The second-order valence-corrected chi connectivity index (χ2v) is 5.88. The maximum atomic E-state index is 5.70. The second-order valence-electron chi connectivity index (χ2n) is 4.71. The third-order valence-electron chi connectivity index (χ3n) is 3.26. The summed E-state index contributed by atoms with van der Waals surface area (Å²) in [7, 11) is 0. The van der Waals surface area contributed by atoms with Gasteiger partial charge in [0.15, 0.2) is 0 Å². The summed E-state index contributed by atoms with van der Waals surface area (Å²) in [5, 5.41) is 3.55. The summed E-state index contributed by atoms with van der Waals surface area (Å²) in [5.41, 5.74) is 0. The Morgan fingerprint density at radius 3 is 2.83 bits per heavy atom. The molecule has 1 atom stereocenters. The Hall–Kier alpha value is -0.510. The van der Waals surface area contributed by atoms with Crippen LogP contribution in [0.3, 0.4) is 0 Å². The van der Waals surface area contributed by atoms with Gasteiger partial charge in [-0.25, -0.2) is 0 Å². The molecule has 0 aliphatic carbocycles. The van der Waals surface area contributed by atoms with Crippen molar-refractivity contribution in [2.24, 2.45) is 0 Å². The van der Waals surface area contributed by atoms with Crippen LogP contribution in [0.25, 0.3) is 0 Å². The van der Waals surface area contributed by atoms with Gasteiger partial charge in [0.1, 0.15) is 0 Å². The molecule has 18 heavy (non-hydrogen) atoms. The van der Waals surface area contributed by atoms with Crippen LogP contribution in [0, 0.1) is 0 Å². The molecule has 1 fully saturated rings. The Kier molecular flexibility index (Phi) is 6.62. The molecular weight excluding hydrogens is 242 g/mol. The first kappa shape index (κ1) is 13.9. The lowest BCUT2D eigenvalue weighted by atomic mass is 10.0. The summed E-state index contributed by atoms with van der Waals surface area (Å²) in [6, 6.07) is 11.2. The molecule has 1 saturated heterocycles. The van der Waals surface area contributed by atoms with Crippen molar-refractivity contribution in [1.82, 2.24) is 5.32 Å². The normalized spacial score (nSPS) is 19.9. The van der Waals surface area contributed by atoms with Gasteiger partial charge in [-0.1, -0.05) is 24.6 Å². The molecule has 0 amide bonds. The van der Waals surface area contributed by atoms with Crippen molar-refractivity contribution in [1.29, 1.82) is 0 Å². The number of piperidine rings is 1. The van der Waals surface area contributed by atoms with E-state index in [1.165, 1.54) is 30.7 Å². The molecular formula is C15H23NOS. The maximum absolute atomic E-state index is 5.70. The van der Waals surface area contributed by atoms with Crippen molar-refractivity contribution in [3.8, 4) is 0 Å². The standard InChI is InChI=1S/C15H23NOS/c1-2-7-15(8-3-1)18-13-12-17-11-9-14-6-4-5-10-16-14/h1-3,7-8,14,16H,4-6,9-13H2. The van der Waals surface area contributed by atoms with E-state index < -0.39 is 0 Å². The molecule has 1 unspecified atom stereocenters. The highest BCUT2D eigenvalue weighted by atomic mass is 32.2. The van der Waals surface area contributed by atoms with Gasteiger partial charge in [0.05, 0.1) is 6.61 Å². The van der Waals surface area contributed by atoms with E-state index in [2.05, 4.69) is 35.6 Å². The molecule has 0 bridgehead atoms. The molecule has 1 aliphatic rings. The first-order chi connectivity index (χ1) is 8.95. The van der Waals surface area contributed by atoms with Crippen LogP contribution in [-0.2, 0) is 4.74 Å². The molecule has 3 heteroatoms. The molecule has 1 aromatic rings. The van der Waals surface area contributed by atoms with E-state index in [1.807, 2.05) is 11.8 Å². The molecule has 0 spiro atoms. The highest BCUT2D eigenvalue weighted by molar-refractivity contribution is 7.99. The molecule has 0 saturated carbocycles. The lowest BCUT2D eigenvalue weighted by molar-refractivity contribution is 0.135. The van der Waals surface area contributed by atoms with E-state index in [0.29, 0.717) is 6.04 Å². The molecule has 1 aromatic carbocycles. The first-order valence-corrected chi connectivity index (χ1v) is 7.93. The molecule has 1 heterocycles. The van der Waals surface area contributed by atoms with Gasteiger partial charge in [-0.15, -0.1) is 11.8 Å². The van der Waals surface area contributed by atoms with Gasteiger partial charge in [-0.05, 0) is 37.9 Å². The summed E-state index contributed by atoms with van der Waals surface area (Å²) < 4.78 is 5.70. The predicted octanol–water partition coefficient (Wildman–Crippen LogP) is 3.33. The molecule has 1 aliphatic heterocycles. The smallest absolute Gasteiger partial charge is 0.0560 e. The third kappa shape index (κ3) is 5.42. The quantitative estimate of drug-likeness (QED) is 0.603. The van der Waals surface area contributed by atoms with Crippen molar-refractivity contribution in [2.75, 3.05) is 25.5 Å². The maximum Gasteiger partial charge on any atom is 0.0560 e. The first-order valence-electron chi connectivity index (χ1n) is 6.94. The zero-order valence-electron chi connectivity index (χ0n) is 10.9. The minimum Gasteiger partial charge on any atom is -0.381 e. The minimum atomic E-state index is 0.695. The van der Waals surface area contributed by atoms with E-state index in [9.17, 15) is 0 Å². The summed E-state index contributed by atoms with van der Waals surface area (Å²) in [6.07, 6.45) is 5.20. The number of hydrogen-bond acceptors (Lipinski definition) is 3. The Labute approximate surface area is 114 Å². The van der Waals surface area contributed by atoms with Crippen LogP contribution in [0.5, 0.6) is 0 Å². The van der Waals surface area contributed by atoms with E-state index in [4.69, 9.17) is 4.74 Å². The summed E-state index contributed by atoms with van der Waals surface area (Å²) in [6.45, 7) is 2.94. The SMILES string of the molecule is c1ccc(SCCOCCC2CCCCN2)cc1. The van der Waals surface area contributed by atoms with E-state index in [1.54, 1.807) is 0 Å². The van der Waals surface area contributed by atoms with E-state index >= 15 is 0 Å². The summed E-state index contributed by atoms with van der Waals surface area (Å²) in [5.74, 6) is 1.04. The van der Waals surface area contributed by atoms with Gasteiger partial charge < -0.3 is 10.1 Å². The van der Waals surface area contributed by atoms with E-state index in [0.717, 1.165) is 25.4 Å². The molecule has 0 aromatic heterocycles. The average Bonchev–Trinajstić information content (AvgIpc) is 2.45. The monoisotopic (exact) mass is 265 g/mol. The largest absolute Gasteiger partial charge is 0.381 e. The molecule has 2 nitrogen and oxygen atoms in total. The average molecular weight is 265 g/mol. The van der Waals surface area contributed by atoms with Gasteiger partial charge in [-0.3, -0.25) is 0 Å². The van der Waals surface area contributed by atoms with Crippen LogP contribution in [0.15, 0.2) is 35.2 Å². The van der Waals surface area contributed by atoms with Crippen molar-refractivity contribution in [3.63, 3.8) is 0 Å². The van der Waals surface area contributed by atoms with Gasteiger partial charge in [0.2, 0.25) is 0 Å². The van der Waals surface area contributed by atoms with E-state index in [-0.39, 0.29) is 0 Å². The van der Waals surface area contributed by atoms with Crippen molar-refractivity contribution in [2.45, 2.75) is 36.6 Å². The van der Waals surface area contributed by atoms with Crippen LogP contribution < -0.4 is 5.32 Å². The highest BCUT2D eigenvalue weighted by Crippen LogP contribution is 2.16. The molecule has 1 N–H and O–H groups in total. The van der Waals surface area contributed by atoms with Crippen molar-refractivity contribution >= 4 is 11.8 Å².